The molecule has 2 aliphatic rings. The minimum Gasteiger partial charge on any atom is -0.465 e. The van der Waals surface area contributed by atoms with Crippen molar-refractivity contribution >= 4 is 46.9 Å². The first kappa shape index (κ1) is 17.2. The molecule has 0 spiro atoms. The molecule has 1 aromatic carbocycles. The highest BCUT2D eigenvalue weighted by Gasteiger charge is 2.80. The highest BCUT2D eigenvalue weighted by atomic mass is 35.5. The molecule has 1 saturated carbocycles. The highest BCUT2D eigenvalue weighted by Crippen LogP contribution is 2.66. The van der Waals surface area contributed by atoms with Gasteiger partial charge in [-0.15, -0.1) is 11.8 Å². The molecule has 0 bridgehead atoms. The van der Waals surface area contributed by atoms with E-state index in [1.54, 1.807) is 43.5 Å². The van der Waals surface area contributed by atoms with E-state index in [-0.39, 0.29) is 23.7 Å². The van der Waals surface area contributed by atoms with Crippen molar-refractivity contribution in [2.24, 2.45) is 5.41 Å². The highest BCUT2D eigenvalue weighted by molar-refractivity contribution is 8.06. The minimum atomic E-state index is -1.19. The monoisotopic (exact) mass is 389 g/mol. The fraction of sp³-hybridized carbons (Fsp3) is 0.263. The maximum atomic E-state index is 13.1. The van der Waals surface area contributed by atoms with Crippen molar-refractivity contribution in [3.05, 3.63) is 58.3 Å². The summed E-state index contributed by atoms with van der Waals surface area (Å²) in [4.78, 5) is 26.3. The first-order chi connectivity index (χ1) is 12.6. The summed E-state index contributed by atoms with van der Waals surface area (Å²) < 4.78 is 10.5. The topological polar surface area (TPSA) is 68.5 Å². The second-order valence-electron chi connectivity index (χ2n) is 6.11. The average Bonchev–Trinajstić information content (AvgIpc) is 2.92. The first-order valence-corrected chi connectivity index (χ1v) is 9.49. The van der Waals surface area contributed by atoms with Crippen molar-refractivity contribution in [1.82, 2.24) is 0 Å². The summed E-state index contributed by atoms with van der Waals surface area (Å²) in [6.07, 6.45) is 3.22. The third-order valence-corrected chi connectivity index (χ3v) is 6.25. The number of esters is 1. The lowest BCUT2D eigenvalue weighted by Crippen LogP contribution is -2.33. The van der Waals surface area contributed by atoms with Gasteiger partial charge in [0.2, 0.25) is 0 Å². The van der Waals surface area contributed by atoms with E-state index >= 15 is 0 Å². The fourth-order valence-corrected chi connectivity index (χ4v) is 5.12. The number of benzene rings is 1. The van der Waals surface area contributed by atoms with Gasteiger partial charge in [0.05, 0.1) is 29.1 Å². The van der Waals surface area contributed by atoms with Gasteiger partial charge < -0.3 is 14.5 Å². The summed E-state index contributed by atoms with van der Waals surface area (Å²) in [6.45, 7) is 1.96. The Bertz CT molecular complexity index is 895. The summed E-state index contributed by atoms with van der Waals surface area (Å²) in [5.41, 5.74) is -0.424. The molecule has 1 saturated heterocycles. The van der Waals surface area contributed by atoms with Crippen LogP contribution in [0.4, 0.5) is 5.69 Å². The number of furan rings is 1. The van der Waals surface area contributed by atoms with Crippen molar-refractivity contribution in [2.45, 2.75) is 18.2 Å². The number of thioether (sulfide) groups is 1. The number of ketones is 1. The van der Waals surface area contributed by atoms with Crippen LogP contribution in [0.15, 0.2) is 52.0 Å². The number of anilines is 1. The molecule has 1 aliphatic carbocycles. The van der Waals surface area contributed by atoms with Crippen molar-refractivity contribution in [2.75, 3.05) is 11.9 Å². The summed E-state index contributed by atoms with van der Waals surface area (Å²) in [5.74, 6) is -0.118. The van der Waals surface area contributed by atoms with Gasteiger partial charge in [-0.05, 0) is 43.3 Å². The molecule has 1 N–H and O–H groups in total. The molecule has 2 heterocycles. The molecular weight excluding hydrogens is 374 g/mol. The number of Topliss-reactive ketones (excluding diaryl/α,β-unsaturated/α-hetero) is 1. The summed E-state index contributed by atoms with van der Waals surface area (Å²) in [7, 11) is 0. The van der Waals surface area contributed by atoms with Gasteiger partial charge >= 0.3 is 5.97 Å². The van der Waals surface area contributed by atoms with Gasteiger partial charge in [-0.2, -0.15) is 0 Å². The third-order valence-electron chi connectivity index (χ3n) is 4.56. The van der Waals surface area contributed by atoms with E-state index < -0.39 is 11.4 Å². The Morgan fingerprint density at radius 3 is 2.96 bits per heavy atom. The fourth-order valence-electron chi connectivity index (χ4n) is 3.32. The van der Waals surface area contributed by atoms with Crippen LogP contribution in [0.5, 0.6) is 0 Å². The quantitative estimate of drug-likeness (QED) is 0.473. The second-order valence-corrected chi connectivity index (χ2v) is 7.73. The number of carbonyl (C=O) groups is 2. The number of carbonyl (C=O) groups excluding carboxylic acids is 2. The lowest BCUT2D eigenvalue weighted by atomic mass is 9.99. The molecule has 2 fully saturated rings. The van der Waals surface area contributed by atoms with Crippen LogP contribution in [0.3, 0.4) is 0 Å². The second kappa shape index (κ2) is 6.52. The first-order valence-electron chi connectivity index (χ1n) is 8.23. The van der Waals surface area contributed by atoms with Crippen LogP contribution in [-0.2, 0) is 14.3 Å². The number of hydrogen-bond donors (Lipinski definition) is 1. The molecule has 26 heavy (non-hydrogen) atoms. The molecule has 134 valence electrons. The van der Waals surface area contributed by atoms with Crippen molar-refractivity contribution in [3.63, 3.8) is 0 Å². The molecule has 7 heteroatoms. The summed E-state index contributed by atoms with van der Waals surface area (Å²) >= 11 is 7.41. The van der Waals surface area contributed by atoms with Gasteiger partial charge in [-0.3, -0.25) is 9.59 Å². The molecule has 3 unspecified atom stereocenters. The lowest BCUT2D eigenvalue weighted by Gasteiger charge is -2.15. The number of allylic oxidation sites excluding steroid dienone is 1. The zero-order valence-electron chi connectivity index (χ0n) is 13.9. The van der Waals surface area contributed by atoms with Gasteiger partial charge in [0.1, 0.15) is 5.76 Å². The summed E-state index contributed by atoms with van der Waals surface area (Å²) in [5, 5.41) is 3.64. The molecule has 3 atom stereocenters. The van der Waals surface area contributed by atoms with Crippen LogP contribution in [-0.4, -0.2) is 29.7 Å². The summed E-state index contributed by atoms with van der Waals surface area (Å²) in [6, 6.07) is 10.4. The molecule has 1 aromatic heterocycles. The van der Waals surface area contributed by atoms with Crippen molar-refractivity contribution in [1.29, 1.82) is 0 Å². The van der Waals surface area contributed by atoms with Crippen LogP contribution in [0.1, 0.15) is 12.7 Å². The van der Waals surface area contributed by atoms with Gasteiger partial charge in [0.15, 0.2) is 11.2 Å². The van der Waals surface area contributed by atoms with Crippen LogP contribution in [0.25, 0.3) is 6.08 Å². The van der Waals surface area contributed by atoms with Gasteiger partial charge in [0.25, 0.3) is 0 Å². The smallest absolute Gasteiger partial charge is 0.323 e. The standard InChI is InChI=1S/C19H16ClNO4S/c1-2-24-18(23)19-15(21-12-6-3-5-11(20)9-12)17(19)26-14(16(19)22)10-13-7-4-8-25-13/h3-10,15,17,21H,2H2,1H3/b14-10-. The number of rotatable bonds is 5. The van der Waals surface area contributed by atoms with E-state index in [0.717, 1.165) is 5.69 Å². The Labute approximate surface area is 159 Å². The molecule has 0 radical (unpaired) electrons. The Hall–Kier alpha value is -2.18. The van der Waals surface area contributed by atoms with E-state index in [0.29, 0.717) is 15.7 Å². The Kier molecular flexibility index (Phi) is 4.32. The SMILES string of the molecule is CCOC(=O)C12C(=O)/C(=C/c3ccco3)SC1C2Nc1cccc(Cl)c1. The maximum Gasteiger partial charge on any atom is 0.323 e. The van der Waals surface area contributed by atoms with E-state index in [4.69, 9.17) is 20.8 Å². The number of halogens is 1. The van der Waals surface area contributed by atoms with Gasteiger partial charge in [0, 0.05) is 10.7 Å². The normalized spacial score (nSPS) is 28.1. The van der Waals surface area contributed by atoms with Gasteiger partial charge in [-0.25, -0.2) is 0 Å². The Balaban J connectivity index is 1.63. The lowest BCUT2D eigenvalue weighted by molar-refractivity contribution is -0.152. The predicted octanol–water partition coefficient (Wildman–Crippen LogP) is 4.00. The Morgan fingerprint density at radius 2 is 2.27 bits per heavy atom. The molecule has 1 aliphatic heterocycles. The zero-order valence-corrected chi connectivity index (χ0v) is 15.5. The maximum absolute atomic E-state index is 13.1. The molecule has 2 aromatic rings. The van der Waals surface area contributed by atoms with E-state index in [9.17, 15) is 9.59 Å². The van der Waals surface area contributed by atoms with E-state index in [1.807, 2.05) is 12.1 Å². The number of fused-ring (bicyclic) bond motifs is 1. The number of ether oxygens (including phenoxy) is 1. The van der Waals surface area contributed by atoms with E-state index in [2.05, 4.69) is 5.32 Å². The van der Waals surface area contributed by atoms with Crippen molar-refractivity contribution in [3.8, 4) is 0 Å². The Morgan fingerprint density at radius 1 is 1.42 bits per heavy atom. The zero-order chi connectivity index (χ0) is 18.3. The number of nitrogens with one attached hydrogen (secondary N) is 1. The average molecular weight is 390 g/mol. The van der Waals surface area contributed by atoms with Crippen LogP contribution >= 0.6 is 23.4 Å². The minimum absolute atomic E-state index is 0.214. The molecule has 5 nitrogen and oxygen atoms in total. The largest absolute Gasteiger partial charge is 0.465 e. The van der Waals surface area contributed by atoms with E-state index in [1.165, 1.54) is 11.8 Å². The molecular formula is C19H16ClNO4S. The molecule has 0 amide bonds. The van der Waals surface area contributed by atoms with Crippen molar-refractivity contribution < 1.29 is 18.7 Å². The van der Waals surface area contributed by atoms with Crippen LogP contribution in [0, 0.1) is 5.41 Å². The molecule has 4 rings (SSSR count). The van der Waals surface area contributed by atoms with Gasteiger partial charge in [-0.1, -0.05) is 17.7 Å². The predicted molar refractivity (Wildman–Crippen MR) is 101 cm³/mol. The van der Waals surface area contributed by atoms with Crippen LogP contribution in [0.2, 0.25) is 5.02 Å². The van der Waals surface area contributed by atoms with Crippen LogP contribution < -0.4 is 5.32 Å². The third kappa shape index (κ3) is 2.64. The number of hydrogen-bond acceptors (Lipinski definition) is 6.